The van der Waals surface area contributed by atoms with Crippen LogP contribution in [-0.4, -0.2) is 67.0 Å². The summed E-state index contributed by atoms with van der Waals surface area (Å²) in [6.45, 7) is 9.26. The summed E-state index contributed by atoms with van der Waals surface area (Å²) >= 11 is 1.91. The number of fused-ring (bicyclic) bond motifs is 3. The minimum atomic E-state index is 0.316. The maximum Gasteiger partial charge on any atom is 0.146 e. The molecule has 5 rings (SSSR count). The molecular formula is C22H32N4O2S. The summed E-state index contributed by atoms with van der Waals surface area (Å²) in [5, 5.41) is 1.34. The monoisotopic (exact) mass is 416 g/mol. The molecule has 2 saturated heterocycles. The number of anilines is 1. The van der Waals surface area contributed by atoms with Gasteiger partial charge < -0.3 is 14.4 Å². The predicted octanol–water partition coefficient (Wildman–Crippen LogP) is 3.41. The van der Waals surface area contributed by atoms with Crippen molar-refractivity contribution in [2.45, 2.75) is 58.1 Å². The van der Waals surface area contributed by atoms with Gasteiger partial charge in [-0.15, -0.1) is 11.3 Å². The van der Waals surface area contributed by atoms with Crippen LogP contribution in [0.5, 0.6) is 0 Å². The molecule has 4 heterocycles. The molecule has 0 N–H and O–H groups in total. The van der Waals surface area contributed by atoms with Gasteiger partial charge in [0.15, 0.2) is 0 Å². The Labute approximate surface area is 177 Å². The average Bonchev–Trinajstić information content (AvgIpc) is 3.13. The molecule has 1 unspecified atom stereocenters. The van der Waals surface area contributed by atoms with E-state index < -0.39 is 0 Å². The Morgan fingerprint density at radius 2 is 1.97 bits per heavy atom. The van der Waals surface area contributed by atoms with Crippen LogP contribution in [0.2, 0.25) is 0 Å². The number of hydrogen-bond acceptors (Lipinski definition) is 7. The smallest absolute Gasteiger partial charge is 0.146 e. The number of ether oxygens (including phenoxy) is 2. The van der Waals surface area contributed by atoms with Crippen molar-refractivity contribution in [3.8, 4) is 0 Å². The fraction of sp³-hybridized carbons (Fsp3) is 0.727. The fourth-order valence-corrected chi connectivity index (χ4v) is 6.22. The Bertz CT molecular complexity index is 847. The van der Waals surface area contributed by atoms with E-state index in [1.54, 1.807) is 4.88 Å². The third-order valence-electron chi connectivity index (χ3n) is 6.39. The number of aromatic nitrogens is 2. The van der Waals surface area contributed by atoms with Crippen LogP contribution in [0.1, 0.15) is 48.9 Å². The molecule has 2 aromatic rings. The molecule has 2 fully saturated rings. The van der Waals surface area contributed by atoms with E-state index in [2.05, 4.69) is 16.7 Å². The van der Waals surface area contributed by atoms with E-state index in [9.17, 15) is 0 Å². The fourth-order valence-electron chi connectivity index (χ4n) is 4.94. The molecule has 29 heavy (non-hydrogen) atoms. The van der Waals surface area contributed by atoms with Crippen LogP contribution in [0.15, 0.2) is 0 Å². The predicted molar refractivity (Wildman–Crippen MR) is 117 cm³/mol. The lowest BCUT2D eigenvalue weighted by Gasteiger charge is -2.34. The van der Waals surface area contributed by atoms with Crippen molar-refractivity contribution in [1.29, 1.82) is 0 Å². The van der Waals surface area contributed by atoms with Crippen molar-refractivity contribution >= 4 is 27.4 Å². The molecule has 6 nitrogen and oxygen atoms in total. The molecule has 0 radical (unpaired) electrons. The summed E-state index contributed by atoms with van der Waals surface area (Å²) in [6, 6.07) is 0. The lowest BCUT2D eigenvalue weighted by Crippen LogP contribution is -2.40. The quantitative estimate of drug-likeness (QED) is 0.745. The first kappa shape index (κ1) is 19.7. The van der Waals surface area contributed by atoms with E-state index in [1.807, 2.05) is 11.3 Å². The number of piperidine rings is 1. The van der Waals surface area contributed by atoms with Gasteiger partial charge in [-0.3, -0.25) is 4.90 Å². The van der Waals surface area contributed by atoms with Gasteiger partial charge in [-0.25, -0.2) is 9.97 Å². The number of rotatable bonds is 5. The molecule has 158 valence electrons. The Morgan fingerprint density at radius 1 is 1.10 bits per heavy atom. The van der Waals surface area contributed by atoms with Crippen molar-refractivity contribution in [2.75, 3.05) is 50.9 Å². The third-order valence-corrected chi connectivity index (χ3v) is 7.58. The lowest BCUT2D eigenvalue weighted by atomic mass is 9.96. The van der Waals surface area contributed by atoms with Gasteiger partial charge >= 0.3 is 0 Å². The minimum absolute atomic E-state index is 0.316. The largest absolute Gasteiger partial charge is 0.379 e. The van der Waals surface area contributed by atoms with Crippen molar-refractivity contribution in [1.82, 2.24) is 14.9 Å². The maximum absolute atomic E-state index is 5.99. The maximum atomic E-state index is 5.99. The van der Waals surface area contributed by atoms with Gasteiger partial charge in [-0.05, 0) is 51.0 Å². The molecule has 0 spiro atoms. The highest BCUT2D eigenvalue weighted by atomic mass is 32.1. The summed E-state index contributed by atoms with van der Waals surface area (Å²) in [5.41, 5.74) is 1.53. The van der Waals surface area contributed by atoms with Crippen molar-refractivity contribution < 1.29 is 9.47 Å². The summed E-state index contributed by atoms with van der Waals surface area (Å²) in [5.74, 6) is 2.13. The van der Waals surface area contributed by atoms with Crippen LogP contribution < -0.4 is 4.90 Å². The van der Waals surface area contributed by atoms with E-state index in [1.165, 1.54) is 53.7 Å². The third kappa shape index (κ3) is 4.15. The Hall–Kier alpha value is -1.28. The highest BCUT2D eigenvalue weighted by molar-refractivity contribution is 7.19. The molecule has 0 saturated carbocycles. The summed E-state index contributed by atoms with van der Waals surface area (Å²) in [4.78, 5) is 17.9. The standard InChI is InChI=1S/C22H32N4O2S/c1-2-28-16-6-5-9-26(14-16)21-20-17-7-3-4-8-18(17)29-22(20)24-19(23-21)15-25-10-12-27-13-11-25/h16H,2-15H2,1H3. The van der Waals surface area contributed by atoms with Gasteiger partial charge in [0.05, 0.1) is 31.2 Å². The van der Waals surface area contributed by atoms with E-state index in [-0.39, 0.29) is 0 Å². The molecule has 0 bridgehead atoms. The lowest BCUT2D eigenvalue weighted by molar-refractivity contribution is 0.0331. The number of hydrogen-bond donors (Lipinski definition) is 0. The second-order valence-electron chi connectivity index (χ2n) is 8.41. The van der Waals surface area contributed by atoms with E-state index in [0.717, 1.165) is 64.8 Å². The van der Waals surface area contributed by atoms with Crippen LogP contribution in [-0.2, 0) is 28.9 Å². The number of thiophene rings is 1. The molecule has 1 atom stereocenters. The summed E-state index contributed by atoms with van der Waals surface area (Å²) < 4.78 is 11.5. The van der Waals surface area contributed by atoms with E-state index >= 15 is 0 Å². The van der Waals surface area contributed by atoms with Gasteiger partial charge in [0.2, 0.25) is 0 Å². The van der Waals surface area contributed by atoms with Gasteiger partial charge in [0, 0.05) is 37.7 Å². The summed E-state index contributed by atoms with van der Waals surface area (Å²) in [6.07, 6.45) is 7.61. The van der Waals surface area contributed by atoms with Crippen LogP contribution in [0.25, 0.3) is 10.2 Å². The first-order valence-corrected chi connectivity index (χ1v) is 12.1. The van der Waals surface area contributed by atoms with E-state index in [0.29, 0.717) is 6.10 Å². The van der Waals surface area contributed by atoms with Crippen LogP contribution in [0.4, 0.5) is 5.82 Å². The Morgan fingerprint density at radius 3 is 2.83 bits per heavy atom. The summed E-state index contributed by atoms with van der Waals surface area (Å²) in [7, 11) is 0. The normalized spacial score (nSPS) is 23.5. The Kier molecular flexibility index (Phi) is 5.99. The zero-order chi connectivity index (χ0) is 19.6. The minimum Gasteiger partial charge on any atom is -0.379 e. The highest BCUT2D eigenvalue weighted by Gasteiger charge is 2.28. The van der Waals surface area contributed by atoms with Crippen molar-refractivity contribution in [3.63, 3.8) is 0 Å². The average molecular weight is 417 g/mol. The molecule has 1 aliphatic carbocycles. The second kappa shape index (κ2) is 8.84. The van der Waals surface area contributed by atoms with Crippen LogP contribution >= 0.6 is 11.3 Å². The Balaban J connectivity index is 1.52. The zero-order valence-electron chi connectivity index (χ0n) is 17.5. The first-order valence-electron chi connectivity index (χ1n) is 11.3. The molecule has 3 aliphatic rings. The number of aryl methyl sites for hydroxylation is 2. The number of morpholine rings is 1. The molecular weight excluding hydrogens is 384 g/mol. The van der Waals surface area contributed by atoms with Crippen molar-refractivity contribution in [2.24, 2.45) is 0 Å². The second-order valence-corrected chi connectivity index (χ2v) is 9.49. The van der Waals surface area contributed by atoms with Gasteiger partial charge in [-0.2, -0.15) is 0 Å². The van der Waals surface area contributed by atoms with Crippen LogP contribution in [0, 0.1) is 0 Å². The topological polar surface area (TPSA) is 50.7 Å². The SMILES string of the molecule is CCOC1CCCN(c2nc(CN3CCOCC3)nc3sc4c(c23)CCCC4)C1. The first-order chi connectivity index (χ1) is 14.3. The zero-order valence-corrected chi connectivity index (χ0v) is 18.3. The molecule has 7 heteroatoms. The highest BCUT2D eigenvalue weighted by Crippen LogP contribution is 2.40. The van der Waals surface area contributed by atoms with Gasteiger partial charge in [0.1, 0.15) is 16.5 Å². The molecule has 0 aromatic carbocycles. The van der Waals surface area contributed by atoms with Gasteiger partial charge in [0.25, 0.3) is 0 Å². The van der Waals surface area contributed by atoms with Gasteiger partial charge in [-0.1, -0.05) is 0 Å². The van der Waals surface area contributed by atoms with Crippen LogP contribution in [0.3, 0.4) is 0 Å². The number of nitrogens with zero attached hydrogens (tertiary/aromatic N) is 4. The van der Waals surface area contributed by atoms with E-state index in [4.69, 9.17) is 19.4 Å². The molecule has 0 amide bonds. The molecule has 2 aliphatic heterocycles. The van der Waals surface area contributed by atoms with Crippen molar-refractivity contribution in [3.05, 3.63) is 16.3 Å². The molecule has 2 aromatic heterocycles.